The molecule has 0 unspecified atom stereocenters. The summed E-state index contributed by atoms with van der Waals surface area (Å²) in [4.78, 5) is 29.8. The zero-order chi connectivity index (χ0) is 20.0. The minimum Gasteiger partial charge on any atom is -0.495 e. The van der Waals surface area contributed by atoms with Crippen LogP contribution in [0.3, 0.4) is 0 Å². The molecule has 6 nitrogen and oxygen atoms in total. The molecule has 5 rings (SSSR count). The first-order valence-corrected chi connectivity index (χ1v) is 10.3. The van der Waals surface area contributed by atoms with Gasteiger partial charge in [0.15, 0.2) is 0 Å². The highest BCUT2D eigenvalue weighted by molar-refractivity contribution is 6.05. The van der Waals surface area contributed by atoms with Crippen molar-refractivity contribution in [1.29, 1.82) is 0 Å². The van der Waals surface area contributed by atoms with Gasteiger partial charge >= 0.3 is 0 Å². The molecule has 3 saturated heterocycles. The largest absolute Gasteiger partial charge is 0.495 e. The van der Waals surface area contributed by atoms with Crippen LogP contribution in [0.5, 0.6) is 5.75 Å². The number of rotatable bonds is 4. The van der Waals surface area contributed by atoms with Crippen molar-refractivity contribution < 1.29 is 14.3 Å². The number of halogens is 1. The number of carbonyl (C=O) groups is 2. The summed E-state index contributed by atoms with van der Waals surface area (Å²) >= 11 is 0. The van der Waals surface area contributed by atoms with E-state index in [1.54, 1.807) is 12.0 Å². The Hall–Kier alpha value is -2.57. The molecule has 2 bridgehead atoms. The van der Waals surface area contributed by atoms with Crippen LogP contribution >= 0.6 is 12.4 Å². The normalized spacial score (nSPS) is 24.8. The Kier molecular flexibility index (Phi) is 5.71. The van der Waals surface area contributed by atoms with Crippen molar-refractivity contribution in [2.75, 3.05) is 25.1 Å². The van der Waals surface area contributed by atoms with Crippen molar-refractivity contribution in [1.82, 2.24) is 10.2 Å². The summed E-state index contributed by atoms with van der Waals surface area (Å²) in [6.45, 7) is 1.47. The van der Waals surface area contributed by atoms with E-state index in [2.05, 4.69) is 17.4 Å². The predicted octanol–water partition coefficient (Wildman–Crippen LogP) is 2.85. The molecule has 3 aliphatic heterocycles. The van der Waals surface area contributed by atoms with Gasteiger partial charge in [-0.05, 0) is 49.1 Å². The van der Waals surface area contributed by atoms with Crippen LogP contribution in [-0.4, -0.2) is 55.0 Å². The molecule has 2 amide bonds. The Bertz CT molecular complexity index is 946. The Morgan fingerprint density at radius 1 is 1.13 bits per heavy atom. The van der Waals surface area contributed by atoms with Crippen LogP contribution in [0.15, 0.2) is 48.5 Å². The maximum atomic E-state index is 13.3. The Morgan fingerprint density at radius 3 is 2.60 bits per heavy atom. The van der Waals surface area contributed by atoms with Crippen LogP contribution in [0.2, 0.25) is 0 Å². The van der Waals surface area contributed by atoms with E-state index in [1.807, 2.05) is 41.3 Å². The smallest absolute Gasteiger partial charge is 0.250 e. The molecule has 3 fully saturated rings. The highest BCUT2D eigenvalue weighted by atomic mass is 35.5. The molecule has 158 valence electrons. The highest BCUT2D eigenvalue weighted by Gasteiger charge is 2.53. The van der Waals surface area contributed by atoms with Crippen LogP contribution in [-0.2, 0) is 9.59 Å². The van der Waals surface area contributed by atoms with Crippen molar-refractivity contribution in [3.63, 3.8) is 0 Å². The number of nitrogens with zero attached hydrogens (tertiary/aromatic N) is 2. The number of likely N-dealkylation sites (tertiary alicyclic amines) is 1. The second kappa shape index (κ2) is 8.28. The van der Waals surface area contributed by atoms with Crippen molar-refractivity contribution in [2.45, 2.75) is 37.4 Å². The fraction of sp³-hybridized carbons (Fsp3) is 0.391. The molecule has 0 aromatic heterocycles. The quantitative estimate of drug-likeness (QED) is 0.815. The number of amides is 2. The molecule has 7 heteroatoms. The molecule has 0 saturated carbocycles. The Balaban J connectivity index is 0.00000218. The summed E-state index contributed by atoms with van der Waals surface area (Å²) in [5.41, 5.74) is 2.93. The third-order valence-corrected chi connectivity index (χ3v) is 6.35. The topological polar surface area (TPSA) is 61.9 Å². The van der Waals surface area contributed by atoms with Crippen molar-refractivity contribution in [3.05, 3.63) is 48.5 Å². The number of benzene rings is 2. The van der Waals surface area contributed by atoms with Crippen LogP contribution < -0.4 is 15.0 Å². The van der Waals surface area contributed by atoms with Crippen LogP contribution in [0.1, 0.15) is 19.3 Å². The van der Waals surface area contributed by atoms with Crippen LogP contribution in [0.25, 0.3) is 11.1 Å². The average Bonchev–Trinajstić information content (AvgIpc) is 3.50. The first kappa shape index (κ1) is 20.7. The van der Waals surface area contributed by atoms with E-state index in [9.17, 15) is 9.59 Å². The number of fused-ring (bicyclic) bond motifs is 2. The van der Waals surface area contributed by atoms with Crippen molar-refractivity contribution in [3.8, 4) is 16.9 Å². The molecule has 0 aliphatic carbocycles. The first-order valence-electron chi connectivity index (χ1n) is 10.3. The maximum absolute atomic E-state index is 13.3. The Morgan fingerprint density at radius 2 is 1.93 bits per heavy atom. The second-order valence-electron chi connectivity index (χ2n) is 8.01. The Labute approximate surface area is 182 Å². The molecule has 30 heavy (non-hydrogen) atoms. The maximum Gasteiger partial charge on any atom is 0.250 e. The molecular formula is C23H26ClN3O3. The SMILES string of the molecule is COc1ccc(-c2ccccc2)cc1N1C(=O)[C@@H]2C[C@H]1CN2C(=O)[C@H]1CCCN1.Cl. The molecule has 0 spiro atoms. The van der Waals surface area contributed by atoms with Gasteiger partial charge in [0.05, 0.1) is 24.9 Å². The standard InChI is InChI=1S/C23H25N3O3.ClH/c1-29-21-10-9-16(15-6-3-2-4-7-15)12-19(21)26-17-13-20(23(26)28)25(14-17)22(27)18-8-5-11-24-18;/h2-4,6-7,9-10,12,17-18,20,24H,5,8,11,13-14H2,1H3;1H/t17-,18+,20-;/m0./s1. The molecule has 2 aromatic carbocycles. The average molecular weight is 428 g/mol. The summed E-state index contributed by atoms with van der Waals surface area (Å²) in [6, 6.07) is 15.6. The number of methoxy groups -OCH3 is 1. The van der Waals surface area contributed by atoms with E-state index in [0.717, 1.165) is 36.2 Å². The second-order valence-corrected chi connectivity index (χ2v) is 8.01. The molecule has 1 N–H and O–H groups in total. The van der Waals surface area contributed by atoms with E-state index < -0.39 is 0 Å². The van der Waals surface area contributed by atoms with Gasteiger partial charge in [-0.3, -0.25) is 9.59 Å². The van der Waals surface area contributed by atoms with E-state index in [-0.39, 0.29) is 42.3 Å². The van der Waals surface area contributed by atoms with E-state index in [0.29, 0.717) is 18.7 Å². The van der Waals surface area contributed by atoms with E-state index >= 15 is 0 Å². The van der Waals surface area contributed by atoms with Gasteiger partial charge in [-0.25, -0.2) is 0 Å². The predicted molar refractivity (Wildman–Crippen MR) is 118 cm³/mol. The van der Waals surface area contributed by atoms with Gasteiger partial charge < -0.3 is 19.9 Å². The fourth-order valence-corrected chi connectivity index (χ4v) is 4.92. The number of anilines is 1. The lowest BCUT2D eigenvalue weighted by atomic mass is 10.0. The van der Waals surface area contributed by atoms with Gasteiger partial charge in [0, 0.05) is 6.54 Å². The monoisotopic (exact) mass is 427 g/mol. The van der Waals surface area contributed by atoms with Gasteiger partial charge in [0.1, 0.15) is 11.8 Å². The van der Waals surface area contributed by atoms with Crippen LogP contribution in [0.4, 0.5) is 5.69 Å². The molecule has 2 aromatic rings. The number of carbonyl (C=O) groups excluding carboxylic acids is 2. The van der Waals surface area contributed by atoms with Crippen LogP contribution in [0, 0.1) is 0 Å². The molecular weight excluding hydrogens is 402 g/mol. The van der Waals surface area contributed by atoms with Gasteiger partial charge in [-0.2, -0.15) is 0 Å². The van der Waals surface area contributed by atoms with E-state index in [1.165, 1.54) is 0 Å². The number of ether oxygens (including phenoxy) is 1. The first-order chi connectivity index (χ1) is 14.2. The van der Waals surface area contributed by atoms with Crippen molar-refractivity contribution in [2.24, 2.45) is 0 Å². The number of piperazine rings is 1. The molecule has 3 atom stereocenters. The zero-order valence-corrected chi connectivity index (χ0v) is 17.7. The van der Waals surface area contributed by atoms with Gasteiger partial charge in [0.2, 0.25) is 11.8 Å². The molecule has 3 aliphatic rings. The van der Waals surface area contributed by atoms with Gasteiger partial charge in [-0.1, -0.05) is 36.4 Å². The summed E-state index contributed by atoms with van der Waals surface area (Å²) in [6.07, 6.45) is 2.56. The fourth-order valence-electron chi connectivity index (χ4n) is 4.92. The minimum absolute atomic E-state index is 0. The van der Waals surface area contributed by atoms with Gasteiger partial charge in [-0.15, -0.1) is 12.4 Å². The summed E-state index contributed by atoms with van der Waals surface area (Å²) in [5, 5.41) is 3.26. The van der Waals surface area contributed by atoms with Gasteiger partial charge in [0.25, 0.3) is 0 Å². The molecule has 0 radical (unpaired) electrons. The lowest BCUT2D eigenvalue weighted by Gasteiger charge is -2.35. The lowest BCUT2D eigenvalue weighted by Crippen LogP contribution is -2.56. The molecule has 3 heterocycles. The minimum atomic E-state index is -0.361. The number of nitrogens with one attached hydrogen (secondary N) is 1. The van der Waals surface area contributed by atoms with Crippen molar-refractivity contribution >= 4 is 29.9 Å². The zero-order valence-electron chi connectivity index (χ0n) is 16.9. The third kappa shape index (κ3) is 3.34. The summed E-state index contributed by atoms with van der Waals surface area (Å²) in [7, 11) is 1.63. The summed E-state index contributed by atoms with van der Waals surface area (Å²) in [5.74, 6) is 0.755. The van der Waals surface area contributed by atoms with E-state index in [4.69, 9.17) is 4.74 Å². The number of hydrogen-bond acceptors (Lipinski definition) is 4. The number of hydrogen-bond donors (Lipinski definition) is 1. The highest BCUT2D eigenvalue weighted by Crippen LogP contribution is 2.42. The third-order valence-electron chi connectivity index (χ3n) is 6.35. The summed E-state index contributed by atoms with van der Waals surface area (Å²) < 4.78 is 5.58. The lowest BCUT2D eigenvalue weighted by molar-refractivity contribution is -0.139.